The fraction of sp³-hybridized carbons (Fsp3) is 0.444. The number of likely N-dealkylation sites (N-methyl/N-ethyl adjacent to an activating group) is 1. The Morgan fingerprint density at radius 2 is 2.08 bits per heavy atom. The Morgan fingerprint density at radius 3 is 2.60 bits per heavy atom. The highest BCUT2D eigenvalue weighted by molar-refractivity contribution is 5.85. The quantitative estimate of drug-likeness (QED) is 0.819. The molecule has 136 valence electrons. The molecule has 1 unspecified atom stereocenters. The summed E-state index contributed by atoms with van der Waals surface area (Å²) in [6.45, 7) is 1.24. The van der Waals surface area contributed by atoms with Crippen LogP contribution < -0.4 is 5.32 Å². The van der Waals surface area contributed by atoms with Crippen molar-refractivity contribution >= 4 is 18.3 Å². The highest BCUT2D eigenvalue weighted by Gasteiger charge is 2.31. The van der Waals surface area contributed by atoms with Crippen LogP contribution >= 0.6 is 12.4 Å². The fourth-order valence-corrected chi connectivity index (χ4v) is 2.86. The van der Waals surface area contributed by atoms with Gasteiger partial charge in [-0.05, 0) is 43.5 Å². The zero-order chi connectivity index (χ0) is 17.1. The highest BCUT2D eigenvalue weighted by atomic mass is 35.5. The molecule has 0 saturated heterocycles. The zero-order valence-corrected chi connectivity index (χ0v) is 15.3. The Balaban J connectivity index is 0.00000225. The summed E-state index contributed by atoms with van der Waals surface area (Å²) >= 11 is 0. The van der Waals surface area contributed by atoms with E-state index in [1.54, 1.807) is 30.1 Å². The molecular weight excluding hydrogens is 343 g/mol. The van der Waals surface area contributed by atoms with Crippen LogP contribution in [0, 0.1) is 11.7 Å². The van der Waals surface area contributed by atoms with Crippen LogP contribution in [0.3, 0.4) is 0 Å². The predicted molar refractivity (Wildman–Crippen MR) is 96.8 cm³/mol. The van der Waals surface area contributed by atoms with Gasteiger partial charge in [-0.1, -0.05) is 12.1 Å². The van der Waals surface area contributed by atoms with E-state index in [1.165, 1.54) is 25.0 Å². The number of nitrogens with one attached hydrogen (secondary N) is 1. The van der Waals surface area contributed by atoms with Crippen molar-refractivity contribution in [1.82, 2.24) is 20.0 Å². The van der Waals surface area contributed by atoms with Crippen LogP contribution in [0.4, 0.5) is 4.39 Å². The normalized spacial score (nSPS) is 14.7. The molecule has 1 saturated carbocycles. The Bertz CT molecular complexity index is 699. The van der Waals surface area contributed by atoms with E-state index in [1.807, 2.05) is 18.1 Å². The average Bonchev–Trinajstić information content (AvgIpc) is 3.29. The fourth-order valence-electron chi connectivity index (χ4n) is 2.86. The van der Waals surface area contributed by atoms with Crippen molar-refractivity contribution in [3.8, 4) is 0 Å². The van der Waals surface area contributed by atoms with Gasteiger partial charge in [0.15, 0.2) is 0 Å². The summed E-state index contributed by atoms with van der Waals surface area (Å²) in [5, 5.41) is 7.25. The zero-order valence-electron chi connectivity index (χ0n) is 14.5. The van der Waals surface area contributed by atoms with E-state index in [-0.39, 0.29) is 24.1 Å². The van der Waals surface area contributed by atoms with Gasteiger partial charge in [-0.25, -0.2) is 4.39 Å². The molecular formula is C18H24ClFN4O. The second-order valence-corrected chi connectivity index (χ2v) is 6.46. The molecule has 25 heavy (non-hydrogen) atoms. The van der Waals surface area contributed by atoms with E-state index in [2.05, 4.69) is 10.4 Å². The van der Waals surface area contributed by atoms with Gasteiger partial charge in [0, 0.05) is 31.9 Å². The third-order valence-electron chi connectivity index (χ3n) is 4.37. The number of halogens is 2. The van der Waals surface area contributed by atoms with E-state index < -0.39 is 6.04 Å². The van der Waals surface area contributed by atoms with Crippen LogP contribution in [0.1, 0.15) is 30.0 Å². The number of hydrogen-bond acceptors (Lipinski definition) is 3. The summed E-state index contributed by atoms with van der Waals surface area (Å²) in [6.07, 6.45) is 5.91. The van der Waals surface area contributed by atoms with Crippen LogP contribution in [0.2, 0.25) is 0 Å². The molecule has 1 aliphatic rings. The number of nitrogens with zero attached hydrogens (tertiary/aromatic N) is 3. The van der Waals surface area contributed by atoms with Gasteiger partial charge in [0.2, 0.25) is 5.91 Å². The van der Waals surface area contributed by atoms with Gasteiger partial charge in [-0.3, -0.25) is 9.48 Å². The topological polar surface area (TPSA) is 50.2 Å². The Hall–Kier alpha value is -1.92. The second-order valence-electron chi connectivity index (χ2n) is 6.46. The van der Waals surface area contributed by atoms with Gasteiger partial charge in [0.1, 0.15) is 11.9 Å². The van der Waals surface area contributed by atoms with Crippen molar-refractivity contribution in [1.29, 1.82) is 0 Å². The number of benzene rings is 1. The summed E-state index contributed by atoms with van der Waals surface area (Å²) in [6, 6.07) is 5.93. The summed E-state index contributed by atoms with van der Waals surface area (Å²) in [5.41, 5.74) is 1.79. The minimum Gasteiger partial charge on any atom is -0.336 e. The van der Waals surface area contributed by atoms with Crippen molar-refractivity contribution in [2.24, 2.45) is 13.0 Å². The van der Waals surface area contributed by atoms with E-state index in [0.29, 0.717) is 12.5 Å². The molecule has 1 aromatic heterocycles. The molecule has 1 fully saturated rings. The molecule has 1 aromatic carbocycles. The third kappa shape index (κ3) is 5.03. The Morgan fingerprint density at radius 1 is 1.40 bits per heavy atom. The molecule has 0 aliphatic heterocycles. The highest BCUT2D eigenvalue weighted by Crippen LogP contribution is 2.31. The lowest BCUT2D eigenvalue weighted by atomic mass is 10.1. The number of aryl methyl sites for hydroxylation is 1. The molecule has 1 aliphatic carbocycles. The van der Waals surface area contributed by atoms with E-state index in [4.69, 9.17) is 0 Å². The molecule has 1 N–H and O–H groups in total. The lowest BCUT2D eigenvalue weighted by molar-refractivity contribution is -0.134. The number of rotatable bonds is 7. The third-order valence-corrected chi connectivity index (χ3v) is 4.37. The second kappa shape index (κ2) is 8.45. The van der Waals surface area contributed by atoms with Gasteiger partial charge in [-0.2, -0.15) is 5.10 Å². The van der Waals surface area contributed by atoms with Gasteiger partial charge < -0.3 is 10.2 Å². The van der Waals surface area contributed by atoms with Gasteiger partial charge in [0.05, 0.1) is 6.20 Å². The molecule has 0 radical (unpaired) electrons. The molecule has 1 heterocycles. The maximum absolute atomic E-state index is 13.1. The first-order valence-electron chi connectivity index (χ1n) is 8.26. The van der Waals surface area contributed by atoms with Crippen molar-refractivity contribution in [2.75, 3.05) is 13.6 Å². The summed E-state index contributed by atoms with van der Waals surface area (Å²) in [5.74, 6) is 0.352. The van der Waals surface area contributed by atoms with Gasteiger partial charge >= 0.3 is 0 Å². The van der Waals surface area contributed by atoms with E-state index >= 15 is 0 Å². The maximum Gasteiger partial charge on any atom is 0.244 e. The van der Waals surface area contributed by atoms with Crippen molar-refractivity contribution in [3.05, 3.63) is 53.6 Å². The summed E-state index contributed by atoms with van der Waals surface area (Å²) in [7, 11) is 3.62. The molecule has 5 nitrogen and oxygen atoms in total. The number of carbonyl (C=O) groups excluding carboxylic acids is 1. The maximum atomic E-state index is 13.1. The molecule has 0 spiro atoms. The van der Waals surface area contributed by atoms with Crippen LogP contribution in [-0.2, 0) is 18.4 Å². The first-order valence-corrected chi connectivity index (χ1v) is 8.26. The van der Waals surface area contributed by atoms with Crippen molar-refractivity contribution in [2.45, 2.75) is 25.4 Å². The van der Waals surface area contributed by atoms with Crippen molar-refractivity contribution < 1.29 is 9.18 Å². The number of amides is 1. The number of carbonyl (C=O) groups is 1. The lowest BCUT2D eigenvalue weighted by Gasteiger charge is -2.27. The lowest BCUT2D eigenvalue weighted by Crippen LogP contribution is -2.40. The number of hydrogen-bond donors (Lipinski definition) is 1. The van der Waals surface area contributed by atoms with Gasteiger partial charge in [-0.15, -0.1) is 12.4 Å². The van der Waals surface area contributed by atoms with Gasteiger partial charge in [0.25, 0.3) is 0 Å². The van der Waals surface area contributed by atoms with Crippen LogP contribution in [0.5, 0.6) is 0 Å². The predicted octanol–water partition coefficient (Wildman–Crippen LogP) is 2.68. The monoisotopic (exact) mass is 366 g/mol. The molecule has 1 amide bonds. The average molecular weight is 367 g/mol. The standard InChI is InChI=1S/C18H23FN4O.ClH/c1-20-17(15-9-21-22(2)12-15)18(24)23(10-13-3-4-13)11-14-5-7-16(19)8-6-14;/h5-9,12-13,17,20H,3-4,10-11H2,1-2H3;1H. The Labute approximate surface area is 153 Å². The van der Waals surface area contributed by atoms with Crippen molar-refractivity contribution in [3.63, 3.8) is 0 Å². The SMILES string of the molecule is CNC(C(=O)N(Cc1ccc(F)cc1)CC1CC1)c1cnn(C)c1.Cl. The van der Waals surface area contributed by atoms with Crippen LogP contribution in [-0.4, -0.2) is 34.2 Å². The summed E-state index contributed by atoms with van der Waals surface area (Å²) in [4.78, 5) is 14.9. The minimum absolute atomic E-state index is 0. The molecule has 0 bridgehead atoms. The smallest absolute Gasteiger partial charge is 0.244 e. The molecule has 7 heteroatoms. The van der Waals surface area contributed by atoms with Crippen LogP contribution in [0.25, 0.3) is 0 Å². The first kappa shape index (κ1) is 19.4. The van der Waals surface area contributed by atoms with E-state index in [9.17, 15) is 9.18 Å². The molecule has 1 atom stereocenters. The summed E-state index contributed by atoms with van der Waals surface area (Å²) < 4.78 is 14.8. The first-order chi connectivity index (χ1) is 11.6. The molecule has 3 rings (SSSR count). The minimum atomic E-state index is -0.419. The largest absolute Gasteiger partial charge is 0.336 e. The number of aromatic nitrogens is 2. The molecule has 2 aromatic rings. The Kier molecular flexibility index (Phi) is 6.56. The van der Waals surface area contributed by atoms with Crippen LogP contribution in [0.15, 0.2) is 36.7 Å². The van der Waals surface area contributed by atoms with E-state index in [0.717, 1.165) is 17.7 Å².